The van der Waals surface area contributed by atoms with E-state index in [1.54, 1.807) is 7.05 Å². The largest absolute Gasteiger partial charge is 0.433 e. The van der Waals surface area contributed by atoms with Gasteiger partial charge in [-0.15, -0.1) is 11.3 Å². The summed E-state index contributed by atoms with van der Waals surface area (Å²) in [5.74, 6) is 1.71. The molecule has 0 amide bonds. The van der Waals surface area contributed by atoms with Crippen LogP contribution in [0.1, 0.15) is 16.9 Å². The molecule has 1 saturated heterocycles. The van der Waals surface area contributed by atoms with E-state index < -0.39 is 58.4 Å². The topological polar surface area (TPSA) is 96.7 Å². The van der Waals surface area contributed by atoms with Crippen molar-refractivity contribution in [1.29, 1.82) is 0 Å². The Labute approximate surface area is 240 Å². The number of ether oxygens (including phenoxy) is 1. The third-order valence-electron chi connectivity index (χ3n) is 6.38. The Morgan fingerprint density at radius 1 is 1.21 bits per heavy atom. The molecule has 4 rings (SSSR count). The number of piperidine rings is 1. The van der Waals surface area contributed by atoms with Gasteiger partial charge in [-0.3, -0.25) is 0 Å². The molecule has 0 radical (unpaired) electrons. The number of sulfonamides is 1. The Kier molecular flexibility index (Phi) is 9.17. The number of rotatable bonds is 8. The lowest BCUT2D eigenvalue weighted by atomic mass is 10.0. The quantitative estimate of drug-likeness (QED) is 0.224. The number of nitrogens with two attached hydrogens (primary N) is 1. The lowest BCUT2D eigenvalue weighted by Gasteiger charge is -2.37. The van der Waals surface area contributed by atoms with Crippen molar-refractivity contribution in [2.24, 2.45) is 5.14 Å². The summed E-state index contributed by atoms with van der Waals surface area (Å²) in [5, 5.41) is 10.7. The van der Waals surface area contributed by atoms with Crippen LogP contribution in [0, 0.1) is 11.8 Å². The molecule has 0 bridgehead atoms. The number of halogens is 7. The maximum Gasteiger partial charge on any atom is 0.393 e. The lowest BCUT2D eigenvalue weighted by molar-refractivity contribution is -0.127. The first-order valence-electron chi connectivity index (χ1n) is 12.3. The molecule has 1 fully saturated rings. The van der Waals surface area contributed by atoms with E-state index in [-0.39, 0.29) is 40.2 Å². The molecule has 1 atom stereocenters. The number of alkyl halides is 7. The molecule has 2 heterocycles. The molecule has 2 aromatic carbocycles. The first kappa shape index (κ1) is 31.7. The molecule has 1 aliphatic rings. The van der Waals surface area contributed by atoms with E-state index in [0.717, 1.165) is 29.5 Å². The van der Waals surface area contributed by atoms with Crippen molar-refractivity contribution in [3.05, 3.63) is 46.8 Å². The second-order valence-electron chi connectivity index (χ2n) is 9.61. The second kappa shape index (κ2) is 12.2. The first-order chi connectivity index (χ1) is 19.5. The highest BCUT2D eigenvalue weighted by Gasteiger charge is 2.44. The summed E-state index contributed by atoms with van der Waals surface area (Å²) in [4.78, 5) is 1.09. The Morgan fingerprint density at radius 2 is 1.95 bits per heavy atom. The molecular formula is C26H25F7N4O3S2. The molecule has 42 heavy (non-hydrogen) atoms. The molecule has 0 saturated carbocycles. The van der Waals surface area contributed by atoms with Crippen molar-refractivity contribution in [2.75, 3.05) is 37.3 Å². The third kappa shape index (κ3) is 7.77. The van der Waals surface area contributed by atoms with Gasteiger partial charge in [-0.2, -0.15) is 22.0 Å². The number of thiophene rings is 1. The Morgan fingerprint density at radius 3 is 2.60 bits per heavy atom. The fourth-order valence-corrected chi connectivity index (χ4v) is 6.22. The van der Waals surface area contributed by atoms with E-state index in [9.17, 15) is 39.2 Å². The molecule has 1 aromatic heterocycles. The van der Waals surface area contributed by atoms with Gasteiger partial charge in [0.05, 0.1) is 51.4 Å². The van der Waals surface area contributed by atoms with Crippen LogP contribution in [0.5, 0.6) is 5.75 Å². The summed E-state index contributed by atoms with van der Waals surface area (Å²) < 4.78 is 123. The zero-order valence-electron chi connectivity index (χ0n) is 21.9. The fraction of sp³-hybridized carbons (Fsp3) is 0.385. The van der Waals surface area contributed by atoms with Gasteiger partial charge in [0.2, 0.25) is 10.0 Å². The van der Waals surface area contributed by atoms with Crippen molar-refractivity contribution in [1.82, 2.24) is 4.90 Å². The summed E-state index contributed by atoms with van der Waals surface area (Å²) in [7, 11) is -2.63. The first-order valence-corrected chi connectivity index (χ1v) is 14.7. The number of hydrogen-bond acceptors (Lipinski definition) is 7. The van der Waals surface area contributed by atoms with Crippen molar-refractivity contribution >= 4 is 42.8 Å². The number of nitrogens with zero attached hydrogens (tertiary/aromatic N) is 1. The summed E-state index contributed by atoms with van der Waals surface area (Å²) in [6.45, 7) is -3.57. The molecule has 0 aliphatic carbocycles. The SMILES string of the molecule is CN1CCC(Nc2cccc3c(CC(F)(F)F)c(C#CCNc4ccc(S(N)(=O)=O)cc4OC(F)F)sc23)C(F)(F)C1. The van der Waals surface area contributed by atoms with E-state index in [2.05, 4.69) is 27.2 Å². The molecule has 1 unspecified atom stereocenters. The minimum atomic E-state index is -4.58. The summed E-state index contributed by atoms with van der Waals surface area (Å²) in [6.07, 6.45) is -5.76. The van der Waals surface area contributed by atoms with Gasteiger partial charge in [0, 0.05) is 12.6 Å². The number of fused-ring (bicyclic) bond motifs is 1. The van der Waals surface area contributed by atoms with E-state index in [4.69, 9.17) is 5.14 Å². The Hall–Kier alpha value is -3.26. The molecule has 16 heteroatoms. The van der Waals surface area contributed by atoms with Gasteiger partial charge < -0.3 is 20.3 Å². The lowest BCUT2D eigenvalue weighted by Crippen LogP contribution is -2.53. The van der Waals surface area contributed by atoms with Gasteiger partial charge in [-0.1, -0.05) is 24.0 Å². The second-order valence-corrected chi connectivity index (χ2v) is 12.2. The highest BCUT2D eigenvalue weighted by molar-refractivity contribution is 7.89. The number of anilines is 2. The monoisotopic (exact) mass is 638 g/mol. The number of nitrogens with one attached hydrogen (secondary N) is 2. The van der Waals surface area contributed by atoms with Gasteiger partial charge in [-0.05, 0) is 42.6 Å². The zero-order valence-corrected chi connectivity index (χ0v) is 23.5. The van der Waals surface area contributed by atoms with E-state index in [0.29, 0.717) is 11.2 Å². The molecule has 3 aromatic rings. The Balaban J connectivity index is 1.63. The number of likely N-dealkylation sites (tertiary alicyclic amines) is 1. The van der Waals surface area contributed by atoms with Crippen LogP contribution in [-0.2, 0) is 16.4 Å². The highest BCUT2D eigenvalue weighted by atomic mass is 32.2. The molecule has 228 valence electrons. The van der Waals surface area contributed by atoms with Crippen LogP contribution in [0.2, 0.25) is 0 Å². The van der Waals surface area contributed by atoms with Crippen molar-refractivity contribution in [3.63, 3.8) is 0 Å². The molecule has 4 N–H and O–H groups in total. The average Bonchev–Trinajstić information content (AvgIpc) is 3.19. The minimum Gasteiger partial charge on any atom is -0.433 e. The van der Waals surface area contributed by atoms with Crippen LogP contribution in [0.4, 0.5) is 42.1 Å². The standard InChI is InChI=1S/C26H25F7N4O3S2/c1-37-11-9-22(25(29,30)14-37)36-19-5-2-4-16-17(13-26(31,32)33)21(41-23(16)19)6-3-10-35-18-8-7-15(42(34,38)39)12-20(18)40-24(27)28/h2,4-5,7-8,12,22,24,35-36H,9-11,13-14H2,1H3,(H2,34,38,39). The van der Waals surface area contributed by atoms with Crippen molar-refractivity contribution < 1.29 is 43.9 Å². The van der Waals surface area contributed by atoms with Crippen LogP contribution in [0.3, 0.4) is 0 Å². The van der Waals surface area contributed by atoms with Crippen LogP contribution in [-0.4, -0.2) is 64.8 Å². The molecule has 7 nitrogen and oxygen atoms in total. The Bertz CT molecular complexity index is 1620. The van der Waals surface area contributed by atoms with Crippen molar-refractivity contribution in [2.45, 2.75) is 42.5 Å². The third-order valence-corrected chi connectivity index (χ3v) is 8.49. The summed E-state index contributed by atoms with van der Waals surface area (Å²) in [6, 6.07) is 6.25. The van der Waals surface area contributed by atoms with Gasteiger partial charge in [0.25, 0.3) is 5.92 Å². The van der Waals surface area contributed by atoms with Crippen LogP contribution in [0.25, 0.3) is 10.1 Å². The number of hydrogen-bond donors (Lipinski definition) is 3. The summed E-state index contributed by atoms with van der Waals surface area (Å²) in [5.41, 5.74) is 0.0903. The van der Waals surface area contributed by atoms with Crippen LogP contribution >= 0.6 is 11.3 Å². The minimum absolute atomic E-state index is 0.0575. The predicted molar refractivity (Wildman–Crippen MR) is 146 cm³/mol. The molecule has 0 spiro atoms. The highest BCUT2D eigenvalue weighted by Crippen LogP contribution is 2.40. The number of primary sulfonamides is 1. The van der Waals surface area contributed by atoms with Gasteiger partial charge in [-0.25, -0.2) is 22.3 Å². The predicted octanol–water partition coefficient (Wildman–Crippen LogP) is 5.47. The van der Waals surface area contributed by atoms with E-state index >= 15 is 0 Å². The van der Waals surface area contributed by atoms with Gasteiger partial charge in [0.15, 0.2) is 5.75 Å². The smallest absolute Gasteiger partial charge is 0.393 e. The zero-order chi connectivity index (χ0) is 30.9. The fourth-order valence-electron chi connectivity index (χ4n) is 4.52. The van der Waals surface area contributed by atoms with Crippen LogP contribution in [0.15, 0.2) is 41.3 Å². The van der Waals surface area contributed by atoms with E-state index in [1.165, 1.54) is 23.1 Å². The average molecular weight is 639 g/mol. The van der Waals surface area contributed by atoms with Crippen LogP contribution < -0.4 is 20.5 Å². The van der Waals surface area contributed by atoms with Crippen molar-refractivity contribution in [3.8, 4) is 17.6 Å². The van der Waals surface area contributed by atoms with Gasteiger partial charge >= 0.3 is 12.8 Å². The number of benzene rings is 2. The molecular weight excluding hydrogens is 613 g/mol. The summed E-state index contributed by atoms with van der Waals surface area (Å²) >= 11 is 0.919. The normalized spacial score (nSPS) is 17.6. The maximum atomic E-state index is 14.7. The molecule has 1 aliphatic heterocycles. The van der Waals surface area contributed by atoms with E-state index in [1.807, 2.05) is 0 Å². The van der Waals surface area contributed by atoms with Gasteiger partial charge in [0.1, 0.15) is 0 Å². The maximum absolute atomic E-state index is 14.7.